The zero-order valence-electron chi connectivity index (χ0n) is 19.9. The molecule has 0 radical (unpaired) electrons. The molecule has 0 unspecified atom stereocenters. The van der Waals surface area contributed by atoms with Crippen LogP contribution in [0.2, 0.25) is 0 Å². The van der Waals surface area contributed by atoms with E-state index in [4.69, 9.17) is 10.3 Å². The van der Waals surface area contributed by atoms with Gasteiger partial charge in [-0.05, 0) is 42.3 Å². The van der Waals surface area contributed by atoms with Gasteiger partial charge in [0.05, 0.1) is 5.52 Å². The Balaban J connectivity index is 1.26. The van der Waals surface area contributed by atoms with Gasteiger partial charge in [0.2, 0.25) is 0 Å². The number of amides is 1. The van der Waals surface area contributed by atoms with Crippen molar-refractivity contribution < 1.29 is 9.32 Å². The molecule has 0 fully saturated rings. The van der Waals surface area contributed by atoms with Crippen molar-refractivity contribution in [3.63, 3.8) is 0 Å². The van der Waals surface area contributed by atoms with Crippen LogP contribution in [0, 0.1) is 6.92 Å². The minimum absolute atomic E-state index is 0.212. The van der Waals surface area contributed by atoms with Crippen LogP contribution in [-0.2, 0) is 0 Å². The van der Waals surface area contributed by atoms with Crippen molar-refractivity contribution >= 4 is 28.3 Å². The van der Waals surface area contributed by atoms with Crippen LogP contribution in [0.15, 0.2) is 102 Å². The number of nitrogens with two attached hydrogens (primary N) is 1. The zero-order chi connectivity index (χ0) is 25.4. The number of nitrogens with zero attached hydrogens (tertiary/aromatic N) is 4. The zero-order valence-corrected chi connectivity index (χ0v) is 19.9. The summed E-state index contributed by atoms with van der Waals surface area (Å²) in [6.07, 6.45) is 3.40. The van der Waals surface area contributed by atoms with E-state index in [9.17, 15) is 4.79 Å². The summed E-state index contributed by atoms with van der Waals surface area (Å²) in [5, 5.41) is 7.95. The number of aromatic nitrogens is 4. The number of rotatable bonds is 5. The molecule has 0 spiro atoms. The number of carbonyl (C=O) groups is 1. The lowest BCUT2D eigenvalue weighted by Crippen LogP contribution is -2.12. The third-order valence-corrected chi connectivity index (χ3v) is 6.15. The van der Waals surface area contributed by atoms with Crippen LogP contribution < -0.4 is 11.1 Å². The van der Waals surface area contributed by atoms with Gasteiger partial charge < -0.3 is 20.1 Å². The Morgan fingerprint density at radius 2 is 1.70 bits per heavy atom. The number of aryl methyl sites for hydroxylation is 1. The van der Waals surface area contributed by atoms with Crippen molar-refractivity contribution in [2.24, 2.45) is 0 Å². The molecule has 6 rings (SSSR count). The van der Waals surface area contributed by atoms with Crippen LogP contribution in [0.25, 0.3) is 39.2 Å². The molecule has 0 bridgehead atoms. The molecular weight excluding hydrogens is 464 g/mol. The van der Waals surface area contributed by atoms with Gasteiger partial charge in [-0.15, -0.1) is 0 Å². The van der Waals surface area contributed by atoms with Crippen molar-refractivity contribution in [2.45, 2.75) is 6.92 Å². The van der Waals surface area contributed by atoms with Gasteiger partial charge in [0.1, 0.15) is 18.0 Å². The number of nitrogens with one attached hydrogen (secondary N) is 1. The fourth-order valence-electron chi connectivity index (χ4n) is 4.21. The van der Waals surface area contributed by atoms with Crippen molar-refractivity contribution in [1.29, 1.82) is 0 Å². The molecule has 0 aliphatic rings. The number of nitrogen functional groups attached to an aromatic ring is 1. The number of carbonyl (C=O) groups excluding carboxylic acids is 1. The highest BCUT2D eigenvalue weighted by Gasteiger charge is 2.15. The molecule has 8 heteroatoms. The van der Waals surface area contributed by atoms with Gasteiger partial charge >= 0.3 is 0 Å². The molecule has 0 atom stereocenters. The van der Waals surface area contributed by atoms with E-state index in [1.165, 1.54) is 6.33 Å². The van der Waals surface area contributed by atoms with Gasteiger partial charge in [-0.2, -0.15) is 0 Å². The standard InChI is InChI=1S/C29H22N6O2/c1-18-5-7-20(8-6-18)26-15-24(34-37-26)29(36)33-23-4-2-3-21(13-23)22-10-9-19-11-12-35(25(19)14-22)28-16-27(30)31-17-32-28/h2-17H,1H3,(H,33,36)(H2,30,31,32). The highest BCUT2D eigenvalue weighted by atomic mass is 16.5. The molecule has 0 aliphatic carbocycles. The van der Waals surface area contributed by atoms with Crippen LogP contribution in [0.4, 0.5) is 11.5 Å². The quantitative estimate of drug-likeness (QED) is 0.314. The smallest absolute Gasteiger partial charge is 0.277 e. The van der Waals surface area contributed by atoms with Gasteiger partial charge in [-0.25, -0.2) is 9.97 Å². The number of hydrogen-bond acceptors (Lipinski definition) is 6. The van der Waals surface area contributed by atoms with Gasteiger partial charge in [0.15, 0.2) is 11.5 Å². The molecule has 1 amide bonds. The minimum Gasteiger partial charge on any atom is -0.384 e. The third-order valence-electron chi connectivity index (χ3n) is 6.15. The van der Waals surface area contributed by atoms with E-state index in [-0.39, 0.29) is 11.6 Å². The second-order valence-electron chi connectivity index (χ2n) is 8.74. The van der Waals surface area contributed by atoms with Crippen LogP contribution in [0.3, 0.4) is 0 Å². The summed E-state index contributed by atoms with van der Waals surface area (Å²) in [4.78, 5) is 21.2. The lowest BCUT2D eigenvalue weighted by Gasteiger charge is -2.09. The Labute approximate surface area is 212 Å². The van der Waals surface area contributed by atoms with Gasteiger partial charge in [-0.1, -0.05) is 59.3 Å². The Hall–Kier alpha value is -5.24. The molecule has 3 aromatic heterocycles. The molecule has 8 nitrogen and oxygen atoms in total. The first-order valence-electron chi connectivity index (χ1n) is 11.7. The summed E-state index contributed by atoms with van der Waals surface area (Å²) < 4.78 is 7.37. The first-order valence-corrected chi connectivity index (χ1v) is 11.7. The molecule has 3 aromatic carbocycles. The predicted molar refractivity (Wildman–Crippen MR) is 143 cm³/mol. The number of benzene rings is 3. The Morgan fingerprint density at radius 1 is 0.892 bits per heavy atom. The van der Waals surface area contributed by atoms with Gasteiger partial charge in [0.25, 0.3) is 5.91 Å². The molecule has 3 heterocycles. The fourth-order valence-corrected chi connectivity index (χ4v) is 4.21. The van der Waals surface area contributed by atoms with Gasteiger partial charge in [0, 0.05) is 35.0 Å². The normalized spacial score (nSPS) is 11.1. The van der Waals surface area contributed by atoms with E-state index in [1.807, 2.05) is 78.4 Å². The highest BCUT2D eigenvalue weighted by Crippen LogP contribution is 2.29. The number of fused-ring (bicyclic) bond motifs is 1. The Bertz CT molecular complexity index is 1750. The van der Waals surface area contributed by atoms with Crippen LogP contribution in [0.5, 0.6) is 0 Å². The second kappa shape index (κ2) is 9.09. The van der Waals surface area contributed by atoms with E-state index < -0.39 is 0 Å². The predicted octanol–water partition coefficient (Wildman–Crippen LogP) is 5.89. The lowest BCUT2D eigenvalue weighted by atomic mass is 10.0. The first-order chi connectivity index (χ1) is 18.0. The summed E-state index contributed by atoms with van der Waals surface area (Å²) in [6, 6.07) is 27.1. The highest BCUT2D eigenvalue weighted by molar-refractivity contribution is 6.03. The van der Waals surface area contributed by atoms with Crippen LogP contribution in [-0.4, -0.2) is 25.6 Å². The maximum Gasteiger partial charge on any atom is 0.277 e. The van der Waals surface area contributed by atoms with Crippen LogP contribution >= 0.6 is 0 Å². The largest absolute Gasteiger partial charge is 0.384 e. The van der Waals surface area contributed by atoms with Crippen LogP contribution in [0.1, 0.15) is 16.1 Å². The molecule has 0 saturated carbocycles. The summed E-state index contributed by atoms with van der Waals surface area (Å²) >= 11 is 0. The molecule has 6 aromatic rings. The average molecular weight is 487 g/mol. The second-order valence-corrected chi connectivity index (χ2v) is 8.74. The van der Waals surface area contributed by atoms with E-state index >= 15 is 0 Å². The molecule has 0 saturated heterocycles. The average Bonchev–Trinajstić information content (AvgIpc) is 3.57. The minimum atomic E-state index is -0.343. The first kappa shape index (κ1) is 22.2. The molecule has 0 aliphatic heterocycles. The lowest BCUT2D eigenvalue weighted by molar-refractivity contribution is 0.101. The molecule has 3 N–H and O–H groups in total. The molecule has 37 heavy (non-hydrogen) atoms. The van der Waals surface area contributed by atoms with E-state index in [2.05, 4.69) is 32.6 Å². The number of hydrogen-bond donors (Lipinski definition) is 2. The Morgan fingerprint density at radius 3 is 2.54 bits per heavy atom. The van der Waals surface area contributed by atoms with E-state index in [0.717, 1.165) is 33.2 Å². The van der Waals surface area contributed by atoms with E-state index in [1.54, 1.807) is 12.1 Å². The van der Waals surface area contributed by atoms with E-state index in [0.29, 0.717) is 23.1 Å². The van der Waals surface area contributed by atoms with Crippen molar-refractivity contribution in [1.82, 2.24) is 19.7 Å². The SMILES string of the molecule is Cc1ccc(-c2cc(C(=O)Nc3cccc(-c4ccc5ccn(-c6cc(N)ncn6)c5c4)c3)no2)cc1. The van der Waals surface area contributed by atoms with Gasteiger partial charge in [-0.3, -0.25) is 4.79 Å². The summed E-state index contributed by atoms with van der Waals surface area (Å²) in [6.45, 7) is 2.02. The number of anilines is 2. The van der Waals surface area contributed by atoms with Crippen molar-refractivity contribution in [2.75, 3.05) is 11.1 Å². The van der Waals surface area contributed by atoms with Crippen molar-refractivity contribution in [3.8, 4) is 28.3 Å². The molecular formula is C29H22N6O2. The fraction of sp³-hybridized carbons (Fsp3) is 0.0345. The van der Waals surface area contributed by atoms with Crippen molar-refractivity contribution in [3.05, 3.63) is 109 Å². The topological polar surface area (TPSA) is 112 Å². The summed E-state index contributed by atoms with van der Waals surface area (Å²) in [5.41, 5.74) is 11.7. The molecule has 180 valence electrons. The summed E-state index contributed by atoms with van der Waals surface area (Å²) in [5.74, 6) is 1.30. The maximum absolute atomic E-state index is 12.9. The monoisotopic (exact) mass is 486 g/mol. The maximum atomic E-state index is 12.9. The third kappa shape index (κ3) is 4.43. The Kier molecular flexibility index (Phi) is 5.46. The summed E-state index contributed by atoms with van der Waals surface area (Å²) in [7, 11) is 0.